The monoisotopic (exact) mass is 244 g/mol. The number of nitrogens with two attached hydrogens (primary N) is 1. The summed E-state index contributed by atoms with van der Waals surface area (Å²) in [7, 11) is 0. The standard InChI is InChI=1S/C12H9ClN4/c13-9-5-10(14)12(15-7-9)17-11-4-2-1-3-8(11)6-16-17/h1-7H,14H2. The highest BCUT2D eigenvalue weighted by molar-refractivity contribution is 6.30. The Kier molecular flexibility index (Phi) is 2.23. The summed E-state index contributed by atoms with van der Waals surface area (Å²) in [6.45, 7) is 0. The maximum Gasteiger partial charge on any atom is 0.177 e. The first-order chi connectivity index (χ1) is 8.25. The number of anilines is 1. The van der Waals surface area contributed by atoms with E-state index in [1.807, 2.05) is 24.3 Å². The molecule has 0 spiro atoms. The maximum atomic E-state index is 5.90. The van der Waals surface area contributed by atoms with Crippen LogP contribution >= 0.6 is 11.6 Å². The van der Waals surface area contributed by atoms with Crippen molar-refractivity contribution in [2.24, 2.45) is 0 Å². The van der Waals surface area contributed by atoms with Gasteiger partial charge < -0.3 is 5.73 Å². The van der Waals surface area contributed by atoms with E-state index in [1.54, 1.807) is 23.1 Å². The third kappa shape index (κ3) is 1.62. The highest BCUT2D eigenvalue weighted by Gasteiger charge is 2.08. The third-order valence-corrected chi connectivity index (χ3v) is 2.75. The smallest absolute Gasteiger partial charge is 0.177 e. The molecule has 5 heteroatoms. The van der Waals surface area contributed by atoms with Crippen molar-refractivity contribution in [1.82, 2.24) is 14.8 Å². The SMILES string of the molecule is Nc1cc(Cl)cnc1-n1ncc2ccccc21. The van der Waals surface area contributed by atoms with Gasteiger partial charge in [0.05, 0.1) is 22.4 Å². The van der Waals surface area contributed by atoms with Crippen LogP contribution in [0.1, 0.15) is 0 Å². The normalized spacial score (nSPS) is 10.9. The van der Waals surface area contributed by atoms with E-state index < -0.39 is 0 Å². The molecular formula is C12H9ClN4. The van der Waals surface area contributed by atoms with Crippen molar-refractivity contribution in [2.75, 3.05) is 5.73 Å². The highest BCUT2D eigenvalue weighted by Crippen LogP contribution is 2.22. The predicted octanol–water partition coefficient (Wildman–Crippen LogP) is 2.66. The zero-order valence-corrected chi connectivity index (χ0v) is 9.59. The fraction of sp³-hybridized carbons (Fsp3) is 0. The Balaban J connectivity index is 2.27. The Hall–Kier alpha value is -2.07. The molecule has 0 amide bonds. The number of halogens is 1. The van der Waals surface area contributed by atoms with Gasteiger partial charge in [0.1, 0.15) is 0 Å². The summed E-state index contributed by atoms with van der Waals surface area (Å²) < 4.78 is 1.71. The van der Waals surface area contributed by atoms with Crippen LogP contribution in [-0.4, -0.2) is 14.8 Å². The molecule has 2 heterocycles. The fourth-order valence-corrected chi connectivity index (χ4v) is 1.93. The summed E-state index contributed by atoms with van der Waals surface area (Å²) in [6, 6.07) is 9.54. The van der Waals surface area contributed by atoms with Crippen LogP contribution in [0.2, 0.25) is 5.02 Å². The molecule has 0 aliphatic carbocycles. The van der Waals surface area contributed by atoms with Gasteiger partial charge in [-0.25, -0.2) is 9.67 Å². The summed E-state index contributed by atoms with van der Waals surface area (Å²) >= 11 is 5.82. The molecule has 3 rings (SSSR count). The molecule has 0 atom stereocenters. The molecule has 0 unspecified atom stereocenters. The molecule has 17 heavy (non-hydrogen) atoms. The molecule has 0 radical (unpaired) electrons. The molecule has 0 fully saturated rings. The minimum atomic E-state index is 0.506. The van der Waals surface area contributed by atoms with Crippen LogP contribution in [0.5, 0.6) is 0 Å². The number of aromatic nitrogens is 3. The first kappa shape index (κ1) is 10.1. The molecule has 84 valence electrons. The Morgan fingerprint density at radius 3 is 2.82 bits per heavy atom. The average Bonchev–Trinajstić information content (AvgIpc) is 2.73. The Labute approximate surface area is 103 Å². The number of para-hydroxylation sites is 1. The Morgan fingerprint density at radius 2 is 2.00 bits per heavy atom. The lowest BCUT2D eigenvalue weighted by Crippen LogP contribution is -2.03. The van der Waals surface area contributed by atoms with E-state index in [0.29, 0.717) is 16.5 Å². The molecule has 0 saturated carbocycles. The number of pyridine rings is 1. The number of hydrogen-bond acceptors (Lipinski definition) is 3. The maximum absolute atomic E-state index is 5.90. The van der Waals surface area contributed by atoms with Gasteiger partial charge in [-0.2, -0.15) is 5.10 Å². The van der Waals surface area contributed by atoms with Crippen LogP contribution in [0.25, 0.3) is 16.7 Å². The number of rotatable bonds is 1. The van der Waals surface area contributed by atoms with Gasteiger partial charge in [0.15, 0.2) is 5.82 Å². The van der Waals surface area contributed by atoms with E-state index in [2.05, 4.69) is 10.1 Å². The molecule has 0 bridgehead atoms. The van der Waals surface area contributed by atoms with E-state index >= 15 is 0 Å². The van der Waals surface area contributed by atoms with Gasteiger partial charge in [-0.15, -0.1) is 0 Å². The highest BCUT2D eigenvalue weighted by atomic mass is 35.5. The van der Waals surface area contributed by atoms with Crippen molar-refractivity contribution in [3.05, 3.63) is 47.7 Å². The zero-order valence-electron chi connectivity index (χ0n) is 8.84. The van der Waals surface area contributed by atoms with Gasteiger partial charge >= 0.3 is 0 Å². The minimum absolute atomic E-state index is 0.506. The van der Waals surface area contributed by atoms with E-state index in [4.69, 9.17) is 17.3 Å². The van der Waals surface area contributed by atoms with Gasteiger partial charge in [0.25, 0.3) is 0 Å². The zero-order chi connectivity index (χ0) is 11.8. The topological polar surface area (TPSA) is 56.7 Å². The molecule has 4 nitrogen and oxygen atoms in total. The lowest BCUT2D eigenvalue weighted by molar-refractivity contribution is 0.878. The van der Waals surface area contributed by atoms with Gasteiger partial charge in [0.2, 0.25) is 0 Å². The van der Waals surface area contributed by atoms with Crippen LogP contribution in [0, 0.1) is 0 Å². The first-order valence-corrected chi connectivity index (χ1v) is 5.47. The van der Waals surface area contributed by atoms with Crippen molar-refractivity contribution < 1.29 is 0 Å². The second kappa shape index (κ2) is 3.75. The molecular weight excluding hydrogens is 236 g/mol. The first-order valence-electron chi connectivity index (χ1n) is 5.10. The van der Waals surface area contributed by atoms with Crippen molar-refractivity contribution >= 4 is 28.2 Å². The molecule has 1 aromatic carbocycles. The second-order valence-electron chi connectivity index (χ2n) is 3.68. The van der Waals surface area contributed by atoms with Gasteiger partial charge in [0, 0.05) is 11.6 Å². The van der Waals surface area contributed by atoms with Crippen LogP contribution in [0.15, 0.2) is 42.7 Å². The Morgan fingerprint density at radius 1 is 1.18 bits per heavy atom. The molecule has 0 aliphatic rings. The molecule has 0 aliphatic heterocycles. The van der Waals surface area contributed by atoms with Crippen LogP contribution in [-0.2, 0) is 0 Å². The summed E-state index contributed by atoms with van der Waals surface area (Å²) in [5, 5.41) is 5.85. The molecule has 0 saturated heterocycles. The molecule has 3 aromatic rings. The number of fused-ring (bicyclic) bond motifs is 1. The van der Waals surface area contributed by atoms with Crippen molar-refractivity contribution in [1.29, 1.82) is 0 Å². The third-order valence-electron chi connectivity index (χ3n) is 2.54. The summed E-state index contributed by atoms with van der Waals surface area (Å²) in [5.41, 5.74) is 7.37. The van der Waals surface area contributed by atoms with Crippen LogP contribution in [0.4, 0.5) is 5.69 Å². The van der Waals surface area contributed by atoms with E-state index in [9.17, 15) is 0 Å². The molecule has 2 aromatic heterocycles. The number of nitrogens with zero attached hydrogens (tertiary/aromatic N) is 3. The van der Waals surface area contributed by atoms with Crippen LogP contribution < -0.4 is 5.73 Å². The predicted molar refractivity (Wildman–Crippen MR) is 68.3 cm³/mol. The fourth-order valence-electron chi connectivity index (χ4n) is 1.77. The average molecular weight is 245 g/mol. The summed E-state index contributed by atoms with van der Waals surface area (Å²) in [4.78, 5) is 4.21. The van der Waals surface area contributed by atoms with Crippen molar-refractivity contribution in [3.63, 3.8) is 0 Å². The van der Waals surface area contributed by atoms with Gasteiger partial charge in [-0.1, -0.05) is 29.8 Å². The van der Waals surface area contributed by atoms with Crippen molar-refractivity contribution in [3.8, 4) is 5.82 Å². The van der Waals surface area contributed by atoms with E-state index in [-0.39, 0.29) is 0 Å². The van der Waals surface area contributed by atoms with Gasteiger partial charge in [-0.05, 0) is 12.1 Å². The lowest BCUT2D eigenvalue weighted by atomic mass is 10.2. The minimum Gasteiger partial charge on any atom is -0.396 e. The number of hydrogen-bond donors (Lipinski definition) is 1. The quantitative estimate of drug-likeness (QED) is 0.716. The van der Waals surface area contributed by atoms with E-state index in [0.717, 1.165) is 10.9 Å². The summed E-state index contributed by atoms with van der Waals surface area (Å²) in [6.07, 6.45) is 3.34. The number of nitrogen functional groups attached to an aromatic ring is 1. The Bertz CT molecular complexity index is 690. The molecule has 2 N–H and O–H groups in total. The number of benzene rings is 1. The van der Waals surface area contributed by atoms with E-state index in [1.165, 1.54) is 0 Å². The summed E-state index contributed by atoms with van der Waals surface area (Å²) in [5.74, 6) is 0.593. The van der Waals surface area contributed by atoms with Crippen LogP contribution in [0.3, 0.4) is 0 Å². The van der Waals surface area contributed by atoms with Gasteiger partial charge in [-0.3, -0.25) is 0 Å². The lowest BCUT2D eigenvalue weighted by Gasteiger charge is -2.05. The van der Waals surface area contributed by atoms with Crippen molar-refractivity contribution in [2.45, 2.75) is 0 Å². The second-order valence-corrected chi connectivity index (χ2v) is 4.12. The largest absolute Gasteiger partial charge is 0.396 e.